The quantitative estimate of drug-likeness (QED) is 0.612. The monoisotopic (exact) mass is 272 g/mol. The lowest BCUT2D eigenvalue weighted by atomic mass is 10.2. The summed E-state index contributed by atoms with van der Waals surface area (Å²) in [6, 6.07) is 4.29. The molecule has 15 heavy (non-hydrogen) atoms. The minimum atomic E-state index is -0.531. The third-order valence-corrected chi connectivity index (χ3v) is 2.47. The van der Waals surface area contributed by atoms with Crippen molar-refractivity contribution in [1.82, 2.24) is 4.90 Å². The second kappa shape index (κ2) is 4.39. The second-order valence-electron chi connectivity index (χ2n) is 3.12. The van der Waals surface area contributed by atoms with Crippen molar-refractivity contribution in [1.29, 1.82) is 0 Å². The van der Waals surface area contributed by atoms with Gasteiger partial charge in [0.25, 0.3) is 11.6 Å². The fraction of sp³-hybridized carbons (Fsp3) is 0.222. The Balaban J connectivity index is 3.19. The Morgan fingerprint density at radius 1 is 1.47 bits per heavy atom. The van der Waals surface area contributed by atoms with Gasteiger partial charge in [0.2, 0.25) is 0 Å². The number of amides is 1. The molecule has 1 aromatic carbocycles. The van der Waals surface area contributed by atoms with Crippen LogP contribution in [0.5, 0.6) is 0 Å². The average Bonchev–Trinajstić information content (AvgIpc) is 2.16. The first-order chi connectivity index (χ1) is 6.93. The van der Waals surface area contributed by atoms with Crippen molar-refractivity contribution in [3.63, 3.8) is 0 Å². The summed E-state index contributed by atoms with van der Waals surface area (Å²) >= 11 is 3.05. The van der Waals surface area contributed by atoms with Crippen LogP contribution in [0, 0.1) is 10.1 Å². The smallest absolute Gasteiger partial charge is 0.284 e. The zero-order valence-electron chi connectivity index (χ0n) is 8.23. The molecule has 6 heteroatoms. The third-order valence-electron chi connectivity index (χ3n) is 1.80. The number of halogens is 1. The summed E-state index contributed by atoms with van der Waals surface area (Å²) in [5, 5.41) is 10.6. The van der Waals surface area contributed by atoms with E-state index in [2.05, 4.69) is 15.9 Å². The van der Waals surface area contributed by atoms with Crippen LogP contribution in [0.1, 0.15) is 10.4 Å². The number of hydrogen-bond donors (Lipinski definition) is 0. The summed E-state index contributed by atoms with van der Waals surface area (Å²) in [7, 11) is 3.19. The number of carbonyl (C=O) groups excluding carboxylic acids is 1. The molecule has 0 aliphatic heterocycles. The molecule has 0 atom stereocenters. The van der Waals surface area contributed by atoms with Crippen LogP contribution in [-0.4, -0.2) is 29.8 Å². The molecule has 0 unspecified atom stereocenters. The first-order valence-corrected chi connectivity index (χ1v) is 4.88. The Labute approximate surface area is 95.0 Å². The van der Waals surface area contributed by atoms with Crippen molar-refractivity contribution in [2.24, 2.45) is 0 Å². The van der Waals surface area contributed by atoms with Crippen molar-refractivity contribution in [3.8, 4) is 0 Å². The van der Waals surface area contributed by atoms with Gasteiger partial charge in [0.1, 0.15) is 0 Å². The molecule has 0 bridgehead atoms. The van der Waals surface area contributed by atoms with Crippen LogP contribution in [0.3, 0.4) is 0 Å². The fourth-order valence-electron chi connectivity index (χ4n) is 1.04. The molecule has 0 heterocycles. The summed E-state index contributed by atoms with van der Waals surface area (Å²) in [5.41, 5.74) is 0.192. The number of hydrogen-bond acceptors (Lipinski definition) is 3. The van der Waals surface area contributed by atoms with Gasteiger partial charge >= 0.3 is 0 Å². The molecule has 1 aromatic rings. The van der Waals surface area contributed by atoms with Gasteiger partial charge in [0.05, 0.1) is 9.40 Å². The standard InChI is InChI=1S/C9H9BrN2O3/c1-11(2)9(13)6-3-4-7(10)8(5-6)12(14)15/h3-5H,1-2H3. The average molecular weight is 273 g/mol. The normalized spacial score (nSPS) is 9.80. The van der Waals surface area contributed by atoms with Crippen LogP contribution in [0.25, 0.3) is 0 Å². The molecule has 0 aromatic heterocycles. The molecule has 0 aliphatic rings. The van der Waals surface area contributed by atoms with E-state index in [1.54, 1.807) is 20.2 Å². The number of nitro groups is 1. The summed E-state index contributed by atoms with van der Waals surface area (Å²) in [6.07, 6.45) is 0. The molecule has 1 amide bonds. The van der Waals surface area contributed by atoms with E-state index in [1.807, 2.05) is 0 Å². The zero-order valence-corrected chi connectivity index (χ0v) is 9.82. The molecular weight excluding hydrogens is 264 g/mol. The number of nitro benzene ring substituents is 1. The highest BCUT2D eigenvalue weighted by molar-refractivity contribution is 9.10. The maximum absolute atomic E-state index is 11.5. The van der Waals surface area contributed by atoms with E-state index in [4.69, 9.17) is 0 Å². The summed E-state index contributed by atoms with van der Waals surface area (Å²) in [5.74, 6) is -0.259. The van der Waals surface area contributed by atoms with Crippen LogP contribution in [0.4, 0.5) is 5.69 Å². The van der Waals surface area contributed by atoms with E-state index in [9.17, 15) is 14.9 Å². The van der Waals surface area contributed by atoms with E-state index in [0.29, 0.717) is 10.0 Å². The molecule has 0 spiro atoms. The second-order valence-corrected chi connectivity index (χ2v) is 3.98. The molecule has 5 nitrogen and oxygen atoms in total. The van der Waals surface area contributed by atoms with E-state index in [-0.39, 0.29) is 11.6 Å². The topological polar surface area (TPSA) is 63.5 Å². The van der Waals surface area contributed by atoms with Gasteiger partial charge < -0.3 is 4.90 Å². The molecule has 0 aliphatic carbocycles. The van der Waals surface area contributed by atoms with Gasteiger partial charge in [-0.2, -0.15) is 0 Å². The largest absolute Gasteiger partial charge is 0.345 e. The van der Waals surface area contributed by atoms with Gasteiger partial charge in [0, 0.05) is 25.7 Å². The van der Waals surface area contributed by atoms with Crippen LogP contribution in [0.15, 0.2) is 22.7 Å². The molecule has 0 radical (unpaired) electrons. The van der Waals surface area contributed by atoms with E-state index < -0.39 is 4.92 Å². The minimum Gasteiger partial charge on any atom is -0.345 e. The molecule has 0 saturated carbocycles. The lowest BCUT2D eigenvalue weighted by Gasteiger charge is -2.09. The first-order valence-electron chi connectivity index (χ1n) is 4.09. The highest BCUT2D eigenvalue weighted by atomic mass is 79.9. The first kappa shape index (κ1) is 11.6. The van der Waals surface area contributed by atoms with Crippen LogP contribution >= 0.6 is 15.9 Å². The molecular formula is C9H9BrN2O3. The zero-order chi connectivity index (χ0) is 11.6. The van der Waals surface area contributed by atoms with Gasteiger partial charge in [-0.25, -0.2) is 0 Å². The molecule has 0 saturated heterocycles. The third kappa shape index (κ3) is 2.53. The van der Waals surface area contributed by atoms with Crippen LogP contribution in [0.2, 0.25) is 0 Å². The van der Waals surface area contributed by atoms with Crippen molar-refractivity contribution in [2.75, 3.05) is 14.1 Å². The lowest BCUT2D eigenvalue weighted by molar-refractivity contribution is -0.385. The van der Waals surface area contributed by atoms with Crippen molar-refractivity contribution < 1.29 is 9.72 Å². The van der Waals surface area contributed by atoms with Crippen LogP contribution < -0.4 is 0 Å². The van der Waals surface area contributed by atoms with Crippen molar-refractivity contribution in [3.05, 3.63) is 38.3 Å². The Kier molecular flexibility index (Phi) is 3.41. The van der Waals surface area contributed by atoms with Crippen molar-refractivity contribution >= 4 is 27.5 Å². The van der Waals surface area contributed by atoms with Gasteiger partial charge in [-0.05, 0) is 28.1 Å². The predicted molar refractivity (Wildman–Crippen MR) is 58.8 cm³/mol. The molecule has 80 valence electrons. The highest BCUT2D eigenvalue weighted by Gasteiger charge is 2.16. The number of rotatable bonds is 2. The molecule has 0 N–H and O–H groups in total. The highest BCUT2D eigenvalue weighted by Crippen LogP contribution is 2.25. The van der Waals surface area contributed by atoms with Gasteiger partial charge in [-0.15, -0.1) is 0 Å². The molecule has 0 fully saturated rings. The number of carbonyl (C=O) groups is 1. The summed E-state index contributed by atoms with van der Waals surface area (Å²) in [6.45, 7) is 0. The minimum absolute atomic E-state index is 0.109. The lowest BCUT2D eigenvalue weighted by Crippen LogP contribution is -2.21. The summed E-state index contributed by atoms with van der Waals surface area (Å²) in [4.78, 5) is 23.0. The van der Waals surface area contributed by atoms with Gasteiger partial charge in [-0.1, -0.05) is 0 Å². The maximum atomic E-state index is 11.5. The Bertz CT molecular complexity index is 418. The number of nitrogens with zero attached hydrogens (tertiary/aromatic N) is 2. The van der Waals surface area contributed by atoms with Gasteiger partial charge in [0.15, 0.2) is 0 Å². The van der Waals surface area contributed by atoms with E-state index >= 15 is 0 Å². The fourth-order valence-corrected chi connectivity index (χ4v) is 1.44. The van der Waals surface area contributed by atoms with E-state index in [1.165, 1.54) is 17.0 Å². The van der Waals surface area contributed by atoms with Crippen LogP contribution in [-0.2, 0) is 0 Å². The Morgan fingerprint density at radius 3 is 2.53 bits per heavy atom. The van der Waals surface area contributed by atoms with Crippen molar-refractivity contribution in [2.45, 2.75) is 0 Å². The Hall–Kier alpha value is -1.43. The summed E-state index contributed by atoms with van der Waals surface area (Å²) < 4.78 is 0.364. The molecule has 1 rings (SSSR count). The van der Waals surface area contributed by atoms with Gasteiger partial charge in [-0.3, -0.25) is 14.9 Å². The Morgan fingerprint density at radius 2 is 2.07 bits per heavy atom. The number of benzene rings is 1. The maximum Gasteiger partial charge on any atom is 0.284 e. The van der Waals surface area contributed by atoms with E-state index in [0.717, 1.165) is 0 Å². The SMILES string of the molecule is CN(C)C(=O)c1ccc(Br)c([N+](=O)[O-])c1. The predicted octanol–water partition coefficient (Wildman–Crippen LogP) is 2.06.